The molecule has 170 valence electrons. The number of aliphatic hydroxyl groups is 1. The fourth-order valence-electron chi connectivity index (χ4n) is 2.47. The third-order valence-corrected chi connectivity index (χ3v) is 5.65. The lowest BCUT2D eigenvalue weighted by Crippen LogP contribution is -2.34. The molecule has 0 aromatic rings. The molecule has 5 N–H and O–H groups in total. The SMILES string of the molecule is CCCCC/C=C\C\C=C/C=C/C=C/C(SCC(N)C(=O)O)[C@@H](O)CCCC(=O)O. The normalized spacial score (nSPS) is 15.4. The second-order valence-corrected chi connectivity index (χ2v) is 8.21. The average Bonchev–Trinajstić information content (AvgIpc) is 2.70. The van der Waals surface area contributed by atoms with E-state index in [9.17, 15) is 14.7 Å². The number of unbranched alkanes of at least 4 members (excludes halogenated alkanes) is 3. The van der Waals surface area contributed by atoms with Crippen LogP contribution in [-0.4, -0.2) is 50.4 Å². The molecule has 0 radical (unpaired) electrons. The number of allylic oxidation sites excluding steroid dienone is 7. The fraction of sp³-hybridized carbons (Fsp3) is 0.565. The molecule has 6 nitrogen and oxygen atoms in total. The second kappa shape index (κ2) is 19.2. The van der Waals surface area contributed by atoms with Crippen LogP contribution in [-0.2, 0) is 9.59 Å². The summed E-state index contributed by atoms with van der Waals surface area (Å²) in [6.45, 7) is 2.19. The van der Waals surface area contributed by atoms with Gasteiger partial charge in [0.15, 0.2) is 0 Å². The van der Waals surface area contributed by atoms with Gasteiger partial charge in [-0.05, 0) is 32.1 Å². The molecule has 0 aliphatic rings. The summed E-state index contributed by atoms with van der Waals surface area (Å²) in [5, 5.41) is 27.6. The number of rotatable bonds is 18. The van der Waals surface area contributed by atoms with Gasteiger partial charge in [-0.25, -0.2) is 0 Å². The molecule has 0 aromatic carbocycles. The minimum Gasteiger partial charge on any atom is -0.481 e. The van der Waals surface area contributed by atoms with E-state index in [1.54, 1.807) is 12.2 Å². The Morgan fingerprint density at radius 3 is 2.40 bits per heavy atom. The van der Waals surface area contributed by atoms with E-state index in [-0.39, 0.29) is 17.4 Å². The minimum atomic E-state index is -1.09. The van der Waals surface area contributed by atoms with Gasteiger partial charge >= 0.3 is 11.9 Å². The van der Waals surface area contributed by atoms with Gasteiger partial charge in [-0.1, -0.05) is 68.4 Å². The van der Waals surface area contributed by atoms with Gasteiger partial charge in [0, 0.05) is 17.4 Å². The van der Waals surface area contributed by atoms with Gasteiger partial charge < -0.3 is 21.1 Å². The molecule has 0 aromatic heterocycles. The molecular formula is C23H37NO5S. The maximum absolute atomic E-state index is 10.9. The van der Waals surface area contributed by atoms with Crippen LogP contribution in [0.4, 0.5) is 0 Å². The minimum absolute atomic E-state index is 0.00938. The molecule has 0 saturated heterocycles. The molecule has 0 spiro atoms. The molecule has 0 fully saturated rings. The van der Waals surface area contributed by atoms with Crippen molar-refractivity contribution in [3.8, 4) is 0 Å². The first-order chi connectivity index (χ1) is 14.4. The van der Waals surface area contributed by atoms with Crippen molar-refractivity contribution in [2.75, 3.05) is 5.75 Å². The first kappa shape index (κ1) is 28.2. The molecule has 0 aliphatic heterocycles. The summed E-state index contributed by atoms with van der Waals surface area (Å²) < 4.78 is 0. The highest BCUT2D eigenvalue weighted by Gasteiger charge is 2.20. The molecule has 2 unspecified atom stereocenters. The van der Waals surface area contributed by atoms with Crippen molar-refractivity contribution in [2.24, 2.45) is 5.73 Å². The number of aliphatic hydroxyl groups excluding tert-OH is 1. The molecule has 30 heavy (non-hydrogen) atoms. The smallest absolute Gasteiger partial charge is 0.321 e. The first-order valence-electron chi connectivity index (χ1n) is 10.5. The lowest BCUT2D eigenvalue weighted by molar-refractivity contribution is -0.138. The Hall–Kier alpha value is -1.83. The molecule has 0 bridgehead atoms. The maximum atomic E-state index is 10.9. The molecule has 0 heterocycles. The predicted octanol–water partition coefficient (Wildman–Crippen LogP) is 4.31. The van der Waals surface area contributed by atoms with E-state index in [0.29, 0.717) is 12.8 Å². The van der Waals surface area contributed by atoms with Crippen molar-refractivity contribution >= 4 is 23.7 Å². The average molecular weight is 440 g/mol. The number of carbonyl (C=O) groups is 2. The number of hydrogen-bond donors (Lipinski definition) is 4. The van der Waals surface area contributed by atoms with E-state index in [1.165, 1.54) is 31.0 Å². The van der Waals surface area contributed by atoms with E-state index in [4.69, 9.17) is 15.9 Å². The lowest BCUT2D eigenvalue weighted by Gasteiger charge is -2.20. The van der Waals surface area contributed by atoms with Gasteiger partial charge in [-0.3, -0.25) is 9.59 Å². The second-order valence-electron chi connectivity index (χ2n) is 7.00. The van der Waals surface area contributed by atoms with Gasteiger partial charge in [0.1, 0.15) is 6.04 Å². The van der Waals surface area contributed by atoms with Gasteiger partial charge in [0.25, 0.3) is 0 Å². The van der Waals surface area contributed by atoms with Crippen molar-refractivity contribution in [2.45, 2.75) is 75.7 Å². The summed E-state index contributed by atoms with van der Waals surface area (Å²) in [5.74, 6) is -1.83. The zero-order chi connectivity index (χ0) is 22.6. The van der Waals surface area contributed by atoms with E-state index < -0.39 is 24.1 Å². The van der Waals surface area contributed by atoms with Crippen LogP contribution < -0.4 is 5.73 Å². The number of thioether (sulfide) groups is 1. The highest BCUT2D eigenvalue weighted by molar-refractivity contribution is 8.00. The number of carboxylic acid groups (broad SMARTS) is 2. The third kappa shape index (κ3) is 17.1. The summed E-state index contributed by atoms with van der Waals surface area (Å²) in [7, 11) is 0. The van der Waals surface area contributed by atoms with Crippen molar-refractivity contribution < 1.29 is 24.9 Å². The van der Waals surface area contributed by atoms with E-state index in [2.05, 4.69) is 25.2 Å². The van der Waals surface area contributed by atoms with Crippen LogP contribution in [0.5, 0.6) is 0 Å². The van der Waals surface area contributed by atoms with Crippen LogP contribution in [0, 0.1) is 0 Å². The first-order valence-corrected chi connectivity index (χ1v) is 11.6. The molecule has 7 heteroatoms. The maximum Gasteiger partial charge on any atom is 0.321 e. The van der Waals surface area contributed by atoms with Gasteiger partial charge in [0.2, 0.25) is 0 Å². The molecule has 3 atom stereocenters. The highest BCUT2D eigenvalue weighted by Crippen LogP contribution is 2.21. The Morgan fingerprint density at radius 1 is 1.00 bits per heavy atom. The monoisotopic (exact) mass is 439 g/mol. The Labute approximate surface area is 184 Å². The Kier molecular flexibility index (Phi) is 18.0. The van der Waals surface area contributed by atoms with E-state index >= 15 is 0 Å². The molecule has 0 rings (SSSR count). The van der Waals surface area contributed by atoms with Crippen LogP contribution in [0.25, 0.3) is 0 Å². The third-order valence-electron chi connectivity index (χ3n) is 4.24. The van der Waals surface area contributed by atoms with Crippen LogP contribution in [0.15, 0.2) is 48.6 Å². The van der Waals surface area contributed by atoms with Crippen LogP contribution >= 0.6 is 11.8 Å². The van der Waals surface area contributed by atoms with Crippen molar-refractivity contribution in [3.63, 3.8) is 0 Å². The Bertz CT molecular complexity index is 586. The fourth-order valence-corrected chi connectivity index (χ4v) is 3.60. The Balaban J connectivity index is 4.51. The molecule has 0 aliphatic carbocycles. The van der Waals surface area contributed by atoms with Crippen LogP contribution in [0.3, 0.4) is 0 Å². The zero-order valence-electron chi connectivity index (χ0n) is 17.9. The van der Waals surface area contributed by atoms with Gasteiger partial charge in [-0.2, -0.15) is 0 Å². The quantitative estimate of drug-likeness (QED) is 0.143. The number of hydrogen-bond acceptors (Lipinski definition) is 5. The molecular weight excluding hydrogens is 402 g/mol. The summed E-state index contributed by atoms with van der Waals surface area (Å²) >= 11 is 1.26. The standard InChI is InChI=1S/C23H37NO5S/c1-2-3-4-5-6-7-8-9-10-11-12-13-16-21(30-18-19(24)23(28)29)20(25)15-14-17-22(26)27/h6-7,9-13,16,19-21,25H,2-5,8,14-15,17-18,24H2,1H3,(H,26,27)(H,28,29)/b7-6-,10-9-,12-11+,16-13+/t19?,20-,21?/m0/s1. The summed E-state index contributed by atoms with van der Waals surface area (Å²) in [6, 6.07) is -1.01. The van der Waals surface area contributed by atoms with E-state index in [1.807, 2.05) is 18.2 Å². The molecule has 0 saturated carbocycles. The number of aliphatic carboxylic acids is 2. The van der Waals surface area contributed by atoms with Crippen LogP contribution in [0.2, 0.25) is 0 Å². The zero-order valence-corrected chi connectivity index (χ0v) is 18.7. The van der Waals surface area contributed by atoms with Crippen molar-refractivity contribution in [3.05, 3.63) is 48.6 Å². The topological polar surface area (TPSA) is 121 Å². The Morgan fingerprint density at radius 2 is 1.73 bits per heavy atom. The van der Waals surface area contributed by atoms with Gasteiger partial charge in [-0.15, -0.1) is 11.8 Å². The number of carboxylic acids is 2. The summed E-state index contributed by atoms with van der Waals surface area (Å²) in [6.07, 6.45) is 21.3. The van der Waals surface area contributed by atoms with Crippen molar-refractivity contribution in [1.29, 1.82) is 0 Å². The molecule has 0 amide bonds. The van der Waals surface area contributed by atoms with E-state index in [0.717, 1.165) is 12.8 Å². The largest absolute Gasteiger partial charge is 0.481 e. The lowest BCUT2D eigenvalue weighted by atomic mass is 10.1. The summed E-state index contributed by atoms with van der Waals surface area (Å²) in [4.78, 5) is 21.5. The summed E-state index contributed by atoms with van der Waals surface area (Å²) in [5.41, 5.74) is 5.54. The van der Waals surface area contributed by atoms with Crippen LogP contribution in [0.1, 0.15) is 58.3 Å². The number of nitrogens with two attached hydrogens (primary N) is 1. The highest BCUT2D eigenvalue weighted by atomic mass is 32.2. The predicted molar refractivity (Wildman–Crippen MR) is 125 cm³/mol. The van der Waals surface area contributed by atoms with Crippen molar-refractivity contribution in [1.82, 2.24) is 0 Å². The van der Waals surface area contributed by atoms with Gasteiger partial charge in [0.05, 0.1) is 6.10 Å².